The van der Waals surface area contributed by atoms with Crippen molar-refractivity contribution < 1.29 is 4.74 Å². The van der Waals surface area contributed by atoms with Crippen LogP contribution in [0.5, 0.6) is 5.75 Å². The normalized spacial score (nSPS) is 12.5. The van der Waals surface area contributed by atoms with Crippen LogP contribution < -0.4 is 4.74 Å². The molecule has 0 N–H and O–H groups in total. The van der Waals surface area contributed by atoms with Gasteiger partial charge in [0.05, 0.1) is 18.8 Å². The molecule has 1 aliphatic rings. The van der Waals surface area contributed by atoms with Gasteiger partial charge in [0.15, 0.2) is 5.82 Å². The number of aromatic nitrogens is 4. The fourth-order valence-electron chi connectivity index (χ4n) is 2.86. The van der Waals surface area contributed by atoms with Crippen LogP contribution in [0, 0.1) is 0 Å². The second-order valence-corrected chi connectivity index (χ2v) is 6.73. The van der Waals surface area contributed by atoms with Crippen molar-refractivity contribution in [2.45, 2.75) is 10.2 Å². The predicted octanol–water partition coefficient (Wildman–Crippen LogP) is 3.85. The summed E-state index contributed by atoms with van der Waals surface area (Å²) in [6.45, 7) is 0. The first-order valence-corrected chi connectivity index (χ1v) is 8.85. The number of rotatable bonds is 2. The molecular formula is C19H13N5OS. The van der Waals surface area contributed by atoms with Gasteiger partial charge in [-0.3, -0.25) is 0 Å². The van der Waals surface area contributed by atoms with Crippen molar-refractivity contribution in [1.82, 2.24) is 19.9 Å². The monoisotopic (exact) mass is 359 g/mol. The van der Waals surface area contributed by atoms with E-state index in [2.05, 4.69) is 21.4 Å². The van der Waals surface area contributed by atoms with E-state index in [1.54, 1.807) is 18.0 Å². The molecule has 1 aliphatic heterocycles. The molecule has 5 rings (SSSR count). The van der Waals surface area contributed by atoms with Crippen molar-refractivity contribution in [3.8, 4) is 17.1 Å². The van der Waals surface area contributed by atoms with E-state index in [0.717, 1.165) is 32.8 Å². The van der Waals surface area contributed by atoms with Crippen molar-refractivity contribution in [3.63, 3.8) is 0 Å². The minimum Gasteiger partial charge on any atom is -0.497 e. The Morgan fingerprint density at radius 2 is 1.88 bits per heavy atom. The lowest BCUT2D eigenvalue weighted by Gasteiger charge is -2.06. The van der Waals surface area contributed by atoms with Gasteiger partial charge >= 0.3 is 0 Å². The quantitative estimate of drug-likeness (QED) is 0.479. The zero-order valence-corrected chi connectivity index (χ0v) is 14.6. The number of hydrogen-bond donors (Lipinski definition) is 0. The minimum atomic E-state index is 0.694. The number of pyridine rings is 1. The number of fused-ring (bicyclic) bond motifs is 3. The molecule has 2 aromatic heterocycles. The Balaban J connectivity index is 1.63. The van der Waals surface area contributed by atoms with Crippen LogP contribution in [0.3, 0.4) is 0 Å². The molecule has 7 heteroatoms. The van der Waals surface area contributed by atoms with Crippen molar-refractivity contribution in [3.05, 3.63) is 60.2 Å². The standard InChI is InChI=1S/C19H13N5OS/c1-25-15-7-8-16-13(10-15)9-14-11-20-24-17(12-5-3-2-4-6-12)22-23-19(24)26-18(14)21-16/h2-11H,1H3. The summed E-state index contributed by atoms with van der Waals surface area (Å²) in [6.07, 6.45) is 1.81. The van der Waals surface area contributed by atoms with Crippen LogP contribution in [-0.2, 0) is 0 Å². The third-order valence-electron chi connectivity index (χ3n) is 4.16. The van der Waals surface area contributed by atoms with Crippen LogP contribution in [0.15, 0.2) is 69.9 Å². The van der Waals surface area contributed by atoms with Gasteiger partial charge in [-0.1, -0.05) is 30.3 Å². The first kappa shape index (κ1) is 15.1. The first-order chi connectivity index (χ1) is 12.8. The van der Waals surface area contributed by atoms with Crippen molar-refractivity contribution in [2.24, 2.45) is 5.10 Å². The number of hydrogen-bond acceptors (Lipinski definition) is 6. The van der Waals surface area contributed by atoms with Crippen LogP contribution in [0.25, 0.3) is 22.3 Å². The minimum absolute atomic E-state index is 0.694. The summed E-state index contributed by atoms with van der Waals surface area (Å²) in [5.74, 6) is 1.52. The van der Waals surface area contributed by atoms with Gasteiger partial charge in [0, 0.05) is 16.5 Å². The van der Waals surface area contributed by atoms with Crippen LogP contribution in [-0.4, -0.2) is 33.2 Å². The van der Waals surface area contributed by atoms with Gasteiger partial charge in [-0.25, -0.2) is 4.98 Å². The molecule has 0 aliphatic carbocycles. The lowest BCUT2D eigenvalue weighted by atomic mass is 10.1. The number of ether oxygens (including phenoxy) is 1. The Morgan fingerprint density at radius 1 is 1.00 bits per heavy atom. The lowest BCUT2D eigenvalue weighted by Crippen LogP contribution is -1.94. The van der Waals surface area contributed by atoms with Crippen molar-refractivity contribution >= 4 is 28.9 Å². The highest BCUT2D eigenvalue weighted by Gasteiger charge is 2.19. The maximum Gasteiger partial charge on any atom is 0.218 e. The Hall–Kier alpha value is -3.19. The van der Waals surface area contributed by atoms with E-state index in [4.69, 9.17) is 9.72 Å². The molecule has 0 saturated carbocycles. The van der Waals surface area contributed by atoms with Crippen molar-refractivity contribution in [2.75, 3.05) is 7.11 Å². The van der Waals surface area contributed by atoms with Gasteiger partial charge in [-0.15, -0.1) is 10.2 Å². The summed E-state index contributed by atoms with van der Waals surface area (Å²) in [7, 11) is 1.66. The van der Waals surface area contributed by atoms with Crippen LogP contribution in [0.1, 0.15) is 5.56 Å². The molecule has 6 nitrogen and oxygen atoms in total. The first-order valence-electron chi connectivity index (χ1n) is 8.04. The Morgan fingerprint density at radius 3 is 2.73 bits per heavy atom. The highest BCUT2D eigenvalue weighted by atomic mass is 32.2. The highest BCUT2D eigenvalue weighted by molar-refractivity contribution is 7.99. The molecule has 0 bridgehead atoms. The summed E-state index contributed by atoms with van der Waals surface area (Å²) in [5, 5.41) is 15.8. The van der Waals surface area contributed by atoms with Gasteiger partial charge in [0.1, 0.15) is 10.8 Å². The molecule has 0 fully saturated rings. The summed E-state index contributed by atoms with van der Waals surface area (Å²) < 4.78 is 7.06. The SMILES string of the molecule is COc1ccc2nc3c(cc2c1)C=Nn1c(nnc1-c1ccccc1)S3. The highest BCUT2D eigenvalue weighted by Crippen LogP contribution is 2.34. The second kappa shape index (κ2) is 5.96. The van der Waals surface area contributed by atoms with Gasteiger partial charge in [0.25, 0.3) is 0 Å². The zero-order valence-electron chi connectivity index (χ0n) is 13.8. The molecule has 0 saturated heterocycles. The average Bonchev–Trinajstić information content (AvgIpc) is 3.00. The molecule has 126 valence electrons. The predicted molar refractivity (Wildman–Crippen MR) is 101 cm³/mol. The Labute approximate surface area is 153 Å². The van der Waals surface area contributed by atoms with E-state index in [1.165, 1.54) is 11.8 Å². The van der Waals surface area contributed by atoms with Gasteiger partial charge in [-0.05, 0) is 36.0 Å². The molecule has 0 spiro atoms. The van der Waals surface area contributed by atoms with E-state index in [9.17, 15) is 0 Å². The summed E-state index contributed by atoms with van der Waals surface area (Å²) in [6, 6.07) is 17.8. The van der Waals surface area contributed by atoms with Crippen LogP contribution in [0.2, 0.25) is 0 Å². The molecule has 2 aromatic carbocycles. The van der Waals surface area contributed by atoms with Crippen LogP contribution >= 0.6 is 11.8 Å². The topological polar surface area (TPSA) is 65.2 Å². The largest absolute Gasteiger partial charge is 0.497 e. The van der Waals surface area contributed by atoms with Crippen LogP contribution in [0.4, 0.5) is 0 Å². The lowest BCUT2D eigenvalue weighted by molar-refractivity contribution is 0.415. The summed E-state index contributed by atoms with van der Waals surface area (Å²) >= 11 is 1.47. The van der Waals surface area contributed by atoms with Gasteiger partial charge in [0.2, 0.25) is 5.16 Å². The molecule has 0 radical (unpaired) electrons. The molecule has 26 heavy (non-hydrogen) atoms. The van der Waals surface area contributed by atoms with Gasteiger partial charge in [-0.2, -0.15) is 9.78 Å². The van der Waals surface area contributed by atoms with E-state index < -0.39 is 0 Å². The molecular weight excluding hydrogens is 346 g/mol. The molecule has 0 atom stereocenters. The fraction of sp³-hybridized carbons (Fsp3) is 0.0526. The molecule has 4 aromatic rings. The summed E-state index contributed by atoms with van der Waals surface area (Å²) in [4.78, 5) is 4.77. The third kappa shape index (κ3) is 2.44. The fourth-order valence-corrected chi connectivity index (χ4v) is 3.71. The van der Waals surface area contributed by atoms with E-state index in [1.807, 2.05) is 48.5 Å². The molecule has 3 heterocycles. The van der Waals surface area contributed by atoms with E-state index >= 15 is 0 Å². The number of benzene rings is 2. The summed E-state index contributed by atoms with van der Waals surface area (Å²) in [5.41, 5.74) is 2.82. The van der Waals surface area contributed by atoms with Gasteiger partial charge < -0.3 is 4.74 Å². The third-order valence-corrected chi connectivity index (χ3v) is 5.12. The smallest absolute Gasteiger partial charge is 0.218 e. The number of nitrogens with zero attached hydrogens (tertiary/aromatic N) is 5. The maximum atomic E-state index is 5.31. The molecule has 0 amide bonds. The molecule has 0 unspecified atom stereocenters. The second-order valence-electron chi connectivity index (χ2n) is 5.77. The average molecular weight is 359 g/mol. The van der Waals surface area contributed by atoms with Crippen molar-refractivity contribution in [1.29, 1.82) is 0 Å². The Bertz CT molecular complexity index is 1150. The maximum absolute atomic E-state index is 5.31. The van der Waals surface area contributed by atoms with E-state index in [0.29, 0.717) is 11.0 Å². The zero-order chi connectivity index (χ0) is 17.5. The van der Waals surface area contributed by atoms with E-state index in [-0.39, 0.29) is 0 Å². The number of methoxy groups -OCH3 is 1. The Kier molecular flexibility index (Phi) is 3.46.